The van der Waals surface area contributed by atoms with Crippen molar-refractivity contribution in [3.8, 4) is 0 Å². The Morgan fingerprint density at radius 2 is 2.05 bits per heavy atom. The number of carbonyl (C=O) groups is 1. The summed E-state index contributed by atoms with van der Waals surface area (Å²) >= 11 is 5.11. The Balaban J connectivity index is 2.38. The molecule has 0 fully saturated rings. The second kappa shape index (κ2) is 8.48. The van der Waals surface area contributed by atoms with E-state index in [0.717, 1.165) is 18.4 Å². The van der Waals surface area contributed by atoms with Crippen LogP contribution in [-0.2, 0) is 11.3 Å². The molecule has 0 heterocycles. The van der Waals surface area contributed by atoms with Crippen molar-refractivity contribution >= 4 is 23.3 Å². The lowest BCUT2D eigenvalue weighted by Crippen LogP contribution is -2.45. The van der Waals surface area contributed by atoms with Crippen LogP contribution < -0.4 is 10.6 Å². The Bertz CT molecular complexity index is 409. The fourth-order valence-electron chi connectivity index (χ4n) is 1.65. The summed E-state index contributed by atoms with van der Waals surface area (Å²) in [6.07, 6.45) is 2.42. The third kappa shape index (κ3) is 6.20. The van der Waals surface area contributed by atoms with Crippen LogP contribution in [0.15, 0.2) is 30.3 Å². The van der Waals surface area contributed by atoms with Gasteiger partial charge in [0.05, 0.1) is 0 Å². The lowest BCUT2D eigenvalue weighted by Gasteiger charge is -2.17. The summed E-state index contributed by atoms with van der Waals surface area (Å²) in [5, 5.41) is 15.3. The number of thiocarbonyl (C=S) groups is 1. The molecule has 5 heteroatoms. The number of hydrogen-bond acceptors (Lipinski definition) is 2. The standard InChI is InChI=1S/C14H20N2O2S/c1-2-3-9-12(13(17)18)16-14(19)15-10-11-7-5-4-6-8-11/h4-8,12H,2-3,9-10H2,1H3,(H,17,18)(H2,15,16,19)/t12-/m0/s1. The number of unbranched alkanes of at least 4 members (excludes halogenated alkanes) is 1. The molecule has 0 aliphatic heterocycles. The monoisotopic (exact) mass is 280 g/mol. The van der Waals surface area contributed by atoms with E-state index in [0.29, 0.717) is 18.1 Å². The fourth-order valence-corrected chi connectivity index (χ4v) is 1.87. The molecule has 0 saturated carbocycles. The largest absolute Gasteiger partial charge is 0.480 e. The molecule has 0 unspecified atom stereocenters. The lowest BCUT2D eigenvalue weighted by molar-refractivity contribution is -0.139. The van der Waals surface area contributed by atoms with Crippen molar-refractivity contribution in [1.82, 2.24) is 10.6 Å². The minimum atomic E-state index is -0.864. The van der Waals surface area contributed by atoms with Gasteiger partial charge in [0.1, 0.15) is 6.04 Å². The van der Waals surface area contributed by atoms with Crippen LogP contribution in [0.2, 0.25) is 0 Å². The molecule has 4 nitrogen and oxygen atoms in total. The van der Waals surface area contributed by atoms with Gasteiger partial charge in [-0.15, -0.1) is 0 Å². The number of nitrogens with one attached hydrogen (secondary N) is 2. The summed E-state index contributed by atoms with van der Waals surface area (Å²) in [6.45, 7) is 2.62. The highest BCUT2D eigenvalue weighted by Crippen LogP contribution is 2.01. The normalized spacial score (nSPS) is 11.6. The predicted octanol–water partition coefficient (Wildman–Crippen LogP) is 2.29. The second-order valence-corrected chi connectivity index (χ2v) is 4.75. The maximum absolute atomic E-state index is 11.1. The van der Waals surface area contributed by atoms with Crippen LogP contribution in [0.4, 0.5) is 0 Å². The van der Waals surface area contributed by atoms with Crippen LogP contribution in [0, 0.1) is 0 Å². The SMILES string of the molecule is CCCC[C@H](NC(=S)NCc1ccccc1)C(=O)O. The molecule has 0 bridgehead atoms. The minimum Gasteiger partial charge on any atom is -0.480 e. The molecule has 3 N–H and O–H groups in total. The van der Waals surface area contributed by atoms with Gasteiger partial charge in [-0.05, 0) is 24.2 Å². The first-order valence-corrected chi connectivity index (χ1v) is 6.85. The molecule has 0 aromatic heterocycles. The van der Waals surface area contributed by atoms with Crippen molar-refractivity contribution in [2.75, 3.05) is 0 Å². The van der Waals surface area contributed by atoms with E-state index in [4.69, 9.17) is 17.3 Å². The molecule has 19 heavy (non-hydrogen) atoms. The number of hydrogen-bond donors (Lipinski definition) is 3. The second-order valence-electron chi connectivity index (χ2n) is 4.35. The Morgan fingerprint density at radius 1 is 1.37 bits per heavy atom. The van der Waals surface area contributed by atoms with Crippen molar-refractivity contribution in [2.45, 2.75) is 38.8 Å². The zero-order chi connectivity index (χ0) is 14.1. The van der Waals surface area contributed by atoms with Crippen LogP contribution in [0.5, 0.6) is 0 Å². The maximum Gasteiger partial charge on any atom is 0.326 e. The fraction of sp³-hybridized carbons (Fsp3) is 0.429. The Kier molecular flexibility index (Phi) is 6.89. The first kappa shape index (κ1) is 15.4. The Morgan fingerprint density at radius 3 is 2.63 bits per heavy atom. The van der Waals surface area contributed by atoms with Gasteiger partial charge in [-0.3, -0.25) is 0 Å². The molecular formula is C14H20N2O2S. The number of carboxylic acids is 1. The predicted molar refractivity (Wildman–Crippen MR) is 80.0 cm³/mol. The number of rotatable bonds is 7. The van der Waals surface area contributed by atoms with Gasteiger partial charge in [0, 0.05) is 6.54 Å². The average molecular weight is 280 g/mol. The van der Waals surface area contributed by atoms with Gasteiger partial charge >= 0.3 is 5.97 Å². The van der Waals surface area contributed by atoms with Crippen LogP contribution in [-0.4, -0.2) is 22.2 Å². The third-order valence-electron chi connectivity index (χ3n) is 2.75. The van der Waals surface area contributed by atoms with Gasteiger partial charge in [-0.25, -0.2) is 4.79 Å². The van der Waals surface area contributed by atoms with E-state index in [1.807, 2.05) is 37.3 Å². The van der Waals surface area contributed by atoms with Gasteiger partial charge in [-0.1, -0.05) is 50.1 Å². The van der Waals surface area contributed by atoms with Crippen LogP contribution in [0.25, 0.3) is 0 Å². The smallest absolute Gasteiger partial charge is 0.326 e. The highest BCUT2D eigenvalue weighted by Gasteiger charge is 2.17. The topological polar surface area (TPSA) is 61.4 Å². The molecule has 1 atom stereocenters. The zero-order valence-corrected chi connectivity index (χ0v) is 11.9. The molecule has 0 amide bonds. The lowest BCUT2D eigenvalue weighted by atomic mass is 10.1. The highest BCUT2D eigenvalue weighted by atomic mass is 32.1. The van der Waals surface area contributed by atoms with E-state index in [1.165, 1.54) is 0 Å². The van der Waals surface area contributed by atoms with Crippen molar-refractivity contribution < 1.29 is 9.90 Å². The van der Waals surface area contributed by atoms with E-state index >= 15 is 0 Å². The molecule has 0 saturated heterocycles. The quantitative estimate of drug-likeness (QED) is 0.669. The average Bonchev–Trinajstić information content (AvgIpc) is 2.42. The Labute approximate surface area is 119 Å². The molecular weight excluding hydrogens is 260 g/mol. The number of benzene rings is 1. The van der Waals surface area contributed by atoms with E-state index in [9.17, 15) is 4.79 Å². The van der Waals surface area contributed by atoms with Gasteiger partial charge in [0.2, 0.25) is 0 Å². The summed E-state index contributed by atoms with van der Waals surface area (Å²) in [6, 6.07) is 9.22. The molecule has 104 valence electrons. The molecule has 0 radical (unpaired) electrons. The third-order valence-corrected chi connectivity index (χ3v) is 3.01. The van der Waals surface area contributed by atoms with Crippen molar-refractivity contribution in [3.63, 3.8) is 0 Å². The highest BCUT2D eigenvalue weighted by molar-refractivity contribution is 7.80. The molecule has 0 aliphatic carbocycles. The van der Waals surface area contributed by atoms with Gasteiger partial charge in [-0.2, -0.15) is 0 Å². The zero-order valence-electron chi connectivity index (χ0n) is 11.1. The Hall–Kier alpha value is -1.62. The number of aliphatic carboxylic acids is 1. The molecule has 1 aromatic rings. The molecule has 1 rings (SSSR count). The molecule has 0 spiro atoms. The molecule has 1 aromatic carbocycles. The minimum absolute atomic E-state index is 0.382. The van der Waals surface area contributed by atoms with E-state index in [2.05, 4.69) is 10.6 Å². The maximum atomic E-state index is 11.1. The van der Waals surface area contributed by atoms with Gasteiger partial charge in [0.15, 0.2) is 5.11 Å². The summed E-state index contributed by atoms with van der Waals surface area (Å²) in [7, 11) is 0. The van der Waals surface area contributed by atoms with Crippen LogP contribution in [0.1, 0.15) is 31.7 Å². The molecule has 0 aliphatic rings. The van der Waals surface area contributed by atoms with Crippen molar-refractivity contribution in [3.05, 3.63) is 35.9 Å². The summed E-state index contributed by atoms with van der Waals surface area (Å²) in [4.78, 5) is 11.1. The summed E-state index contributed by atoms with van der Waals surface area (Å²) in [5.41, 5.74) is 1.10. The van der Waals surface area contributed by atoms with E-state index < -0.39 is 12.0 Å². The van der Waals surface area contributed by atoms with Crippen molar-refractivity contribution in [1.29, 1.82) is 0 Å². The summed E-state index contributed by atoms with van der Waals surface area (Å²) < 4.78 is 0. The van der Waals surface area contributed by atoms with E-state index in [1.54, 1.807) is 0 Å². The van der Waals surface area contributed by atoms with Crippen LogP contribution in [0.3, 0.4) is 0 Å². The number of carboxylic acid groups (broad SMARTS) is 1. The van der Waals surface area contributed by atoms with Crippen LogP contribution >= 0.6 is 12.2 Å². The van der Waals surface area contributed by atoms with Gasteiger partial charge < -0.3 is 15.7 Å². The van der Waals surface area contributed by atoms with Crippen molar-refractivity contribution in [2.24, 2.45) is 0 Å². The first-order valence-electron chi connectivity index (χ1n) is 6.44. The first-order chi connectivity index (χ1) is 9.13. The van der Waals surface area contributed by atoms with Gasteiger partial charge in [0.25, 0.3) is 0 Å². The summed E-state index contributed by atoms with van der Waals surface area (Å²) in [5.74, 6) is -0.864. The van der Waals surface area contributed by atoms with E-state index in [-0.39, 0.29) is 0 Å².